The van der Waals surface area contributed by atoms with E-state index in [9.17, 15) is 0 Å². The van der Waals surface area contributed by atoms with E-state index in [0.29, 0.717) is 5.03 Å². The Morgan fingerprint density at radius 1 is 1.53 bits per heavy atom. The largest absolute Gasteiger partial charge is 0.493 e. The van der Waals surface area contributed by atoms with Crippen LogP contribution in [0.5, 0.6) is 0 Å². The third kappa shape index (κ3) is 10.1. The molecule has 4 heteroatoms. The van der Waals surface area contributed by atoms with Gasteiger partial charge in [-0.3, -0.25) is 4.99 Å². The van der Waals surface area contributed by atoms with Crippen LogP contribution in [0.1, 0.15) is 33.1 Å². The molecule has 1 unspecified atom stereocenters. The topological polar surface area (TPSA) is 33.6 Å². The van der Waals surface area contributed by atoms with Gasteiger partial charge >= 0.3 is 0 Å². The summed E-state index contributed by atoms with van der Waals surface area (Å²) in [6.07, 6.45) is 6.58. The molecule has 0 bridgehead atoms. The van der Waals surface area contributed by atoms with Gasteiger partial charge in [-0.05, 0) is 33.4 Å². The van der Waals surface area contributed by atoms with E-state index in [-0.39, 0.29) is 6.10 Å². The smallest absolute Gasteiger partial charge is 0.111 e. The first kappa shape index (κ1) is 16.2. The van der Waals surface area contributed by atoms with Crippen molar-refractivity contribution in [3.63, 3.8) is 0 Å². The fourth-order valence-electron chi connectivity index (χ4n) is 1.41. The zero-order valence-electron chi connectivity index (χ0n) is 11.0. The number of halogens is 1. The highest BCUT2D eigenvalue weighted by Crippen LogP contribution is 2.11. The van der Waals surface area contributed by atoms with Crippen LogP contribution in [-0.4, -0.2) is 25.9 Å². The first-order chi connectivity index (χ1) is 8.10. The second-order valence-electron chi connectivity index (χ2n) is 3.89. The molecule has 98 valence electrons. The Balaban J connectivity index is 4.17. The van der Waals surface area contributed by atoms with Crippen molar-refractivity contribution in [3.8, 4) is 0 Å². The first-order valence-electron chi connectivity index (χ1n) is 5.95. The quantitative estimate of drug-likeness (QED) is 0.508. The molecule has 1 atom stereocenters. The van der Waals surface area contributed by atoms with E-state index in [4.69, 9.17) is 16.3 Å². The summed E-state index contributed by atoms with van der Waals surface area (Å²) in [4.78, 5) is 4.01. The zero-order chi connectivity index (χ0) is 13.1. The van der Waals surface area contributed by atoms with Crippen LogP contribution in [0.25, 0.3) is 0 Å². The van der Waals surface area contributed by atoms with Gasteiger partial charge in [0.1, 0.15) is 5.76 Å². The van der Waals surface area contributed by atoms with E-state index in [1.54, 1.807) is 6.20 Å². The van der Waals surface area contributed by atoms with Gasteiger partial charge in [-0.15, -0.1) is 0 Å². The fourth-order valence-corrected chi connectivity index (χ4v) is 1.46. The average Bonchev–Trinajstić information content (AvgIpc) is 2.25. The molecule has 0 saturated heterocycles. The molecule has 17 heavy (non-hydrogen) atoms. The van der Waals surface area contributed by atoms with Crippen LogP contribution < -0.4 is 5.32 Å². The maximum Gasteiger partial charge on any atom is 0.111 e. The first-order valence-corrected chi connectivity index (χ1v) is 6.33. The summed E-state index contributed by atoms with van der Waals surface area (Å²) in [5.41, 5.74) is 0. The van der Waals surface area contributed by atoms with E-state index in [0.717, 1.165) is 31.6 Å². The van der Waals surface area contributed by atoms with Gasteiger partial charge in [-0.1, -0.05) is 31.5 Å². The van der Waals surface area contributed by atoms with Gasteiger partial charge < -0.3 is 10.1 Å². The monoisotopic (exact) mass is 258 g/mol. The number of nitrogens with one attached hydrogen (secondary N) is 1. The summed E-state index contributed by atoms with van der Waals surface area (Å²) in [6, 6.07) is 0. The van der Waals surface area contributed by atoms with E-state index in [1.807, 2.05) is 14.0 Å². The lowest BCUT2D eigenvalue weighted by molar-refractivity contribution is 0.101. The van der Waals surface area contributed by atoms with E-state index >= 15 is 0 Å². The van der Waals surface area contributed by atoms with Crippen molar-refractivity contribution in [1.82, 2.24) is 5.32 Å². The summed E-state index contributed by atoms with van der Waals surface area (Å²) in [7, 11) is 1.95. The van der Waals surface area contributed by atoms with Crippen molar-refractivity contribution in [2.45, 2.75) is 39.2 Å². The van der Waals surface area contributed by atoms with Gasteiger partial charge in [0.05, 0.1) is 17.3 Å². The van der Waals surface area contributed by atoms with Crippen molar-refractivity contribution in [1.29, 1.82) is 0 Å². The van der Waals surface area contributed by atoms with Crippen LogP contribution in [-0.2, 0) is 4.74 Å². The van der Waals surface area contributed by atoms with Gasteiger partial charge in [-0.2, -0.15) is 0 Å². The second kappa shape index (κ2) is 10.4. The van der Waals surface area contributed by atoms with Crippen molar-refractivity contribution in [2.75, 3.05) is 13.6 Å². The standard InChI is InChI=1S/C13H23ClN2O/c1-5-6-13(7-8-15-4)17-12(3)10-16-9-11(2)14/h9-10,13,15H,2,5-8H2,1,3-4H3/b12-10+,16-9?. The predicted octanol–water partition coefficient (Wildman–Crippen LogP) is 3.47. The second-order valence-corrected chi connectivity index (χ2v) is 4.37. The Bertz CT molecular complexity index is 275. The minimum atomic E-state index is 0.248. The van der Waals surface area contributed by atoms with Gasteiger partial charge in [0.25, 0.3) is 0 Å². The average molecular weight is 259 g/mol. The van der Waals surface area contributed by atoms with E-state index < -0.39 is 0 Å². The van der Waals surface area contributed by atoms with Crippen LogP contribution in [0.2, 0.25) is 0 Å². The molecule has 0 aliphatic carbocycles. The number of allylic oxidation sites excluding steroid dienone is 2. The fraction of sp³-hybridized carbons (Fsp3) is 0.615. The Kier molecular flexibility index (Phi) is 9.87. The minimum absolute atomic E-state index is 0.248. The highest BCUT2D eigenvalue weighted by atomic mass is 35.5. The lowest BCUT2D eigenvalue weighted by atomic mass is 10.1. The molecule has 0 aliphatic rings. The molecule has 0 fully saturated rings. The Hall–Kier alpha value is -0.800. The van der Waals surface area contributed by atoms with Crippen LogP contribution in [0, 0.1) is 0 Å². The molecule has 0 amide bonds. The molecule has 0 saturated carbocycles. The number of ether oxygens (including phenoxy) is 1. The number of aliphatic imine (C=N–C) groups is 1. The van der Waals surface area contributed by atoms with Crippen molar-refractivity contribution in [2.24, 2.45) is 4.99 Å². The number of hydrogen-bond donors (Lipinski definition) is 1. The van der Waals surface area contributed by atoms with Gasteiger partial charge in [0, 0.05) is 6.21 Å². The third-order valence-corrected chi connectivity index (χ3v) is 2.25. The highest BCUT2D eigenvalue weighted by Gasteiger charge is 2.08. The maximum atomic E-state index is 5.81. The molecule has 0 aromatic rings. The van der Waals surface area contributed by atoms with Crippen molar-refractivity contribution >= 4 is 17.8 Å². The molecular formula is C13H23ClN2O. The number of hydrogen-bond acceptors (Lipinski definition) is 3. The lowest BCUT2D eigenvalue weighted by Crippen LogP contribution is -2.19. The van der Waals surface area contributed by atoms with Crippen molar-refractivity contribution < 1.29 is 4.74 Å². The van der Waals surface area contributed by atoms with E-state index in [2.05, 4.69) is 23.8 Å². The molecule has 0 radical (unpaired) electrons. The molecule has 0 aromatic carbocycles. The van der Waals surface area contributed by atoms with Gasteiger partial charge in [0.15, 0.2) is 0 Å². The van der Waals surface area contributed by atoms with Gasteiger partial charge in [-0.25, -0.2) is 0 Å². The van der Waals surface area contributed by atoms with Crippen LogP contribution >= 0.6 is 11.6 Å². The van der Waals surface area contributed by atoms with E-state index in [1.165, 1.54) is 6.21 Å². The zero-order valence-corrected chi connectivity index (χ0v) is 11.8. The molecule has 0 aliphatic heterocycles. The summed E-state index contributed by atoms with van der Waals surface area (Å²) >= 11 is 5.56. The highest BCUT2D eigenvalue weighted by molar-refractivity contribution is 6.38. The molecule has 0 spiro atoms. The van der Waals surface area contributed by atoms with Crippen LogP contribution in [0.3, 0.4) is 0 Å². The molecular weight excluding hydrogens is 236 g/mol. The lowest BCUT2D eigenvalue weighted by Gasteiger charge is -2.18. The summed E-state index contributed by atoms with van der Waals surface area (Å²) < 4.78 is 5.81. The van der Waals surface area contributed by atoms with Crippen LogP contribution in [0.4, 0.5) is 0 Å². The molecule has 3 nitrogen and oxygen atoms in total. The SMILES string of the molecule is C=C(Cl)C=N/C=C(\C)OC(CCC)CCNC. The Labute approximate surface area is 110 Å². The third-order valence-electron chi connectivity index (χ3n) is 2.15. The number of nitrogens with zero attached hydrogens (tertiary/aromatic N) is 1. The maximum absolute atomic E-state index is 5.81. The molecule has 0 heterocycles. The normalized spacial score (nSPS) is 14.0. The predicted molar refractivity (Wildman–Crippen MR) is 75.6 cm³/mol. The number of rotatable bonds is 9. The molecule has 1 N–H and O–H groups in total. The molecule has 0 aromatic heterocycles. The minimum Gasteiger partial charge on any atom is -0.493 e. The summed E-state index contributed by atoms with van der Waals surface area (Å²) in [5.74, 6) is 0.800. The summed E-state index contributed by atoms with van der Waals surface area (Å²) in [5, 5.41) is 3.54. The molecule has 0 rings (SSSR count). The van der Waals surface area contributed by atoms with Crippen LogP contribution in [0.15, 0.2) is 28.6 Å². The Morgan fingerprint density at radius 2 is 2.24 bits per heavy atom. The summed E-state index contributed by atoms with van der Waals surface area (Å²) in [6.45, 7) is 8.54. The van der Waals surface area contributed by atoms with Crippen molar-refractivity contribution in [3.05, 3.63) is 23.6 Å². The van der Waals surface area contributed by atoms with Gasteiger partial charge in [0.2, 0.25) is 0 Å². The Morgan fingerprint density at radius 3 is 2.76 bits per heavy atom.